The average molecular weight is 630 g/mol. The van der Waals surface area contributed by atoms with E-state index in [9.17, 15) is 0 Å². The lowest BCUT2D eigenvalue weighted by Gasteiger charge is -2.06. The molecule has 0 saturated heterocycles. The molecule has 2 heteroatoms. The lowest BCUT2D eigenvalue weighted by Crippen LogP contribution is -2.37. The molecule has 0 atom stereocenters. The van der Waals surface area contributed by atoms with E-state index in [1.54, 1.807) is 5.82 Å². The first kappa shape index (κ1) is 42.2. The van der Waals surface area contributed by atoms with Crippen molar-refractivity contribution in [1.82, 2.24) is 4.57 Å². The Morgan fingerprint density at radius 1 is 0.378 bits per heavy atom. The van der Waals surface area contributed by atoms with Gasteiger partial charge in [-0.3, -0.25) is 0 Å². The third kappa shape index (κ3) is 26.9. The fourth-order valence-electron chi connectivity index (χ4n) is 7.25. The van der Waals surface area contributed by atoms with Crippen LogP contribution in [-0.4, -0.2) is 4.57 Å². The predicted octanol–water partition coefficient (Wildman–Crippen LogP) is 14.6. The summed E-state index contributed by atoms with van der Waals surface area (Å²) in [5.74, 6) is 1.58. The molecule has 266 valence electrons. The molecule has 0 spiro atoms. The summed E-state index contributed by atoms with van der Waals surface area (Å²) in [4.78, 5) is 0. The lowest BCUT2D eigenvalue weighted by molar-refractivity contribution is -0.704. The summed E-state index contributed by atoms with van der Waals surface area (Å²) >= 11 is 0. The van der Waals surface area contributed by atoms with Gasteiger partial charge >= 0.3 is 0 Å². The largest absolute Gasteiger partial charge is 0.256 e. The van der Waals surface area contributed by atoms with Crippen molar-refractivity contribution in [2.75, 3.05) is 0 Å². The lowest BCUT2D eigenvalue weighted by atomic mass is 10.0. The zero-order valence-corrected chi connectivity index (χ0v) is 31.7. The molecule has 0 bridgehead atoms. The molecule has 0 aromatic carbocycles. The minimum Gasteiger partial charge on any atom is -0.234 e. The first-order chi connectivity index (χ1) is 22.3. The maximum absolute atomic E-state index is 2.58. The molecule has 0 unspecified atom stereocenters. The summed E-state index contributed by atoms with van der Waals surface area (Å²) in [6.45, 7) is 9.40. The Morgan fingerprint density at radius 2 is 0.689 bits per heavy atom. The fourth-order valence-corrected chi connectivity index (χ4v) is 7.25. The van der Waals surface area contributed by atoms with E-state index in [2.05, 4.69) is 42.3 Å². The monoisotopic (exact) mass is 630 g/mol. The van der Waals surface area contributed by atoms with Crippen LogP contribution in [-0.2, 0) is 19.5 Å². The molecule has 2 nitrogen and oxygen atoms in total. The van der Waals surface area contributed by atoms with Gasteiger partial charge in [-0.2, -0.15) is 0 Å². The van der Waals surface area contributed by atoms with E-state index in [1.165, 1.54) is 238 Å². The smallest absolute Gasteiger partial charge is 0.234 e. The van der Waals surface area contributed by atoms with E-state index in [1.807, 2.05) is 0 Å². The van der Waals surface area contributed by atoms with Crippen LogP contribution in [0, 0.1) is 0 Å². The van der Waals surface area contributed by atoms with E-state index in [-0.39, 0.29) is 0 Å². The summed E-state index contributed by atoms with van der Waals surface area (Å²) in [7, 11) is 0. The number of aromatic nitrogens is 2. The maximum Gasteiger partial charge on any atom is 0.256 e. The summed E-state index contributed by atoms with van der Waals surface area (Å²) < 4.78 is 5.17. The number of rotatable bonds is 37. The Morgan fingerprint density at radius 3 is 1.02 bits per heavy atom. The van der Waals surface area contributed by atoms with Crippen molar-refractivity contribution in [1.29, 1.82) is 0 Å². The Bertz CT molecular complexity index is 692. The number of hydrogen-bond donors (Lipinski definition) is 0. The van der Waals surface area contributed by atoms with Gasteiger partial charge in [0.2, 0.25) is 0 Å². The SMILES string of the molecule is CCCCCCCCCCCCCCCCCCC[n+]1ccn(CCCCCCCCCCCCCCCCCC)c1CCC. The van der Waals surface area contributed by atoms with Crippen LogP contribution in [0.3, 0.4) is 0 Å². The van der Waals surface area contributed by atoms with Crippen LogP contribution in [0.2, 0.25) is 0 Å². The zero-order chi connectivity index (χ0) is 32.3. The number of nitrogens with zero attached hydrogens (tertiary/aromatic N) is 2. The molecule has 0 aliphatic heterocycles. The molecule has 45 heavy (non-hydrogen) atoms. The molecule has 0 saturated carbocycles. The van der Waals surface area contributed by atoms with Crippen molar-refractivity contribution in [2.24, 2.45) is 0 Å². The number of imidazole rings is 1. The van der Waals surface area contributed by atoms with Crippen LogP contribution in [0.4, 0.5) is 0 Å². The van der Waals surface area contributed by atoms with Crippen LogP contribution in [0.15, 0.2) is 12.4 Å². The van der Waals surface area contributed by atoms with Gasteiger partial charge in [-0.1, -0.05) is 207 Å². The second kappa shape index (κ2) is 34.5. The molecule has 0 aliphatic rings. The Labute approximate surface area is 285 Å². The van der Waals surface area contributed by atoms with Gasteiger partial charge in [0.25, 0.3) is 5.82 Å². The van der Waals surface area contributed by atoms with Crippen LogP contribution < -0.4 is 4.57 Å². The average Bonchev–Trinajstić information content (AvgIpc) is 3.43. The van der Waals surface area contributed by atoms with Gasteiger partial charge in [-0.25, -0.2) is 9.13 Å². The van der Waals surface area contributed by atoms with E-state index in [0.29, 0.717) is 0 Å². The van der Waals surface area contributed by atoms with Crippen molar-refractivity contribution in [3.63, 3.8) is 0 Å². The molecule has 0 amide bonds. The highest BCUT2D eigenvalue weighted by molar-refractivity contribution is 4.84. The Balaban J connectivity index is 1.95. The quantitative estimate of drug-likeness (QED) is 0.0511. The van der Waals surface area contributed by atoms with Crippen molar-refractivity contribution in [3.05, 3.63) is 18.2 Å². The first-order valence-electron chi connectivity index (χ1n) is 21.4. The summed E-state index contributed by atoms with van der Waals surface area (Å²) in [5.41, 5.74) is 0. The number of hydrogen-bond acceptors (Lipinski definition) is 0. The highest BCUT2D eigenvalue weighted by Gasteiger charge is 2.15. The van der Waals surface area contributed by atoms with Gasteiger partial charge in [0.05, 0.1) is 13.1 Å². The summed E-state index contributed by atoms with van der Waals surface area (Å²) in [6.07, 6.45) is 55.0. The normalized spacial score (nSPS) is 11.6. The molecule has 1 heterocycles. The molecular weight excluding hydrogens is 544 g/mol. The standard InChI is InChI=1S/C43H85N2/c1-4-7-9-11-13-15-17-19-21-23-25-27-29-31-33-35-37-40-45-42-41-44(43(45)38-6-3)39-36-34-32-30-28-26-24-22-20-18-16-14-12-10-8-5-2/h41-42H,4-40H2,1-3H3/q+1. The predicted molar refractivity (Wildman–Crippen MR) is 202 cm³/mol. The third-order valence-corrected chi connectivity index (χ3v) is 10.3. The molecule has 1 rings (SSSR count). The maximum atomic E-state index is 2.58. The minimum atomic E-state index is 1.22. The van der Waals surface area contributed by atoms with Gasteiger partial charge in [-0.05, 0) is 32.1 Å². The van der Waals surface area contributed by atoms with Gasteiger partial charge in [0.1, 0.15) is 12.4 Å². The summed E-state index contributed by atoms with van der Waals surface area (Å²) in [5, 5.41) is 0. The van der Waals surface area contributed by atoms with Crippen LogP contribution in [0.1, 0.15) is 245 Å². The summed E-state index contributed by atoms with van der Waals surface area (Å²) in [6, 6.07) is 0. The van der Waals surface area contributed by atoms with Crippen LogP contribution in [0.25, 0.3) is 0 Å². The topological polar surface area (TPSA) is 8.81 Å². The molecule has 0 aliphatic carbocycles. The van der Waals surface area contributed by atoms with E-state index < -0.39 is 0 Å². The van der Waals surface area contributed by atoms with E-state index in [0.717, 1.165) is 0 Å². The van der Waals surface area contributed by atoms with Gasteiger partial charge in [0.15, 0.2) is 0 Å². The second-order valence-corrected chi connectivity index (χ2v) is 14.8. The van der Waals surface area contributed by atoms with Gasteiger partial charge < -0.3 is 0 Å². The highest BCUT2D eigenvalue weighted by Crippen LogP contribution is 2.16. The van der Waals surface area contributed by atoms with Crippen LogP contribution >= 0.6 is 0 Å². The number of aryl methyl sites for hydroxylation is 2. The van der Waals surface area contributed by atoms with Crippen molar-refractivity contribution >= 4 is 0 Å². The van der Waals surface area contributed by atoms with E-state index >= 15 is 0 Å². The van der Waals surface area contributed by atoms with Crippen LogP contribution in [0.5, 0.6) is 0 Å². The Hall–Kier alpha value is -0.790. The van der Waals surface area contributed by atoms with Crippen molar-refractivity contribution < 1.29 is 4.57 Å². The van der Waals surface area contributed by atoms with Gasteiger partial charge in [0, 0.05) is 6.42 Å². The molecule has 0 radical (unpaired) electrons. The van der Waals surface area contributed by atoms with E-state index in [4.69, 9.17) is 0 Å². The van der Waals surface area contributed by atoms with Gasteiger partial charge in [-0.15, -0.1) is 0 Å². The Kier molecular flexibility index (Phi) is 32.4. The highest BCUT2D eigenvalue weighted by atomic mass is 15.1. The zero-order valence-electron chi connectivity index (χ0n) is 31.7. The third-order valence-electron chi connectivity index (χ3n) is 10.3. The fraction of sp³-hybridized carbons (Fsp3) is 0.930. The molecular formula is C43H85N2+. The molecule has 1 aromatic rings. The molecule has 0 fully saturated rings. The molecule has 1 aromatic heterocycles. The van der Waals surface area contributed by atoms with Crippen molar-refractivity contribution in [3.8, 4) is 0 Å². The second-order valence-electron chi connectivity index (χ2n) is 14.8. The van der Waals surface area contributed by atoms with Crippen molar-refractivity contribution in [2.45, 2.75) is 259 Å². The molecule has 0 N–H and O–H groups in total. The minimum absolute atomic E-state index is 1.22. The number of unbranched alkanes of at least 4 members (excludes halogenated alkanes) is 31. The first-order valence-corrected chi connectivity index (χ1v) is 21.4.